The number of rotatable bonds is 23. The Morgan fingerprint density at radius 2 is 1.35 bits per heavy atom. The maximum Gasteiger partial charge on any atom is 0.259 e. The summed E-state index contributed by atoms with van der Waals surface area (Å²) >= 11 is 0. The summed E-state index contributed by atoms with van der Waals surface area (Å²) in [4.78, 5) is 18.2. The van der Waals surface area contributed by atoms with Crippen molar-refractivity contribution >= 4 is 41.0 Å². The Labute approximate surface area is 408 Å². The summed E-state index contributed by atoms with van der Waals surface area (Å²) < 4.78 is 50.2. The molecule has 14 nitrogen and oxygen atoms in total. The van der Waals surface area contributed by atoms with Gasteiger partial charge in [0, 0.05) is 58.1 Å². The van der Waals surface area contributed by atoms with Gasteiger partial charge in [0.1, 0.15) is 41.5 Å². The Kier molecular flexibility index (Phi) is 19.3. The highest BCUT2D eigenvalue weighted by molar-refractivity contribution is 7.44. The first-order valence-corrected chi connectivity index (χ1v) is 27.3. The normalized spacial score (nSPS) is 18.5. The Bertz CT molecular complexity index is 2230. The Balaban J connectivity index is 1.80. The summed E-state index contributed by atoms with van der Waals surface area (Å²) in [5.74, 6) is 1.93. The third-order valence-corrected chi connectivity index (χ3v) is 18.7. The lowest BCUT2D eigenvalue weighted by molar-refractivity contribution is -0.0806. The van der Waals surface area contributed by atoms with Gasteiger partial charge < -0.3 is 42.2 Å². The van der Waals surface area contributed by atoms with Crippen LogP contribution in [0.3, 0.4) is 0 Å². The summed E-state index contributed by atoms with van der Waals surface area (Å²) in [7, 11) is 6.61. The van der Waals surface area contributed by atoms with Gasteiger partial charge in [-0.05, 0) is 86.8 Å². The van der Waals surface area contributed by atoms with Crippen LogP contribution in [0, 0.1) is 11.3 Å². The standard InChI is InChI=1S/C52H74N7O7PSi/c1-37(2)59(38(3)4)67(63-31-19-30-53)65-49-46(34-62-52(39-20-17-16-18-21-39,40-22-26-42(60-12)27-23-40)41-24-28-43(61-13)29-25-41)64-48(50(49)66-68(14,15)51(5,6)7)44-33-54-47(56-36-58(10)11)32-45(44)55-35-57(8)9/h16-18,20-29,32-33,35-38,46,48-50H,19,31,34H2,1-15H3/t46-,48+,49-,50+,67?/m1/s1. The van der Waals surface area contributed by atoms with E-state index in [1.165, 1.54) is 0 Å². The Morgan fingerprint density at radius 1 is 0.809 bits per heavy atom. The smallest absolute Gasteiger partial charge is 0.259 e. The minimum Gasteiger partial charge on any atom is -0.497 e. The minimum absolute atomic E-state index is 0.0399. The Morgan fingerprint density at radius 3 is 1.85 bits per heavy atom. The zero-order valence-electron chi connectivity index (χ0n) is 42.8. The van der Waals surface area contributed by atoms with E-state index in [4.69, 9.17) is 42.4 Å². The zero-order valence-corrected chi connectivity index (χ0v) is 44.7. The highest BCUT2D eigenvalue weighted by Crippen LogP contribution is 2.54. The molecule has 0 aliphatic carbocycles. The molecule has 2 heterocycles. The molecule has 1 saturated heterocycles. The molecule has 3 aromatic carbocycles. The highest BCUT2D eigenvalue weighted by Gasteiger charge is 2.54. The van der Waals surface area contributed by atoms with Gasteiger partial charge in [-0.2, -0.15) is 5.26 Å². The van der Waals surface area contributed by atoms with Gasteiger partial charge in [-0.3, -0.25) is 0 Å². The SMILES string of the molecule is COc1ccc(C(OC[C@H]2O[C@@H](c3cnc(N=CN(C)C)cc3N=CN(C)C)[C@H](O[Si](C)(C)C(C)(C)C)[C@@H]2OP(OCCC#N)N(C(C)C)C(C)C)(c2ccccc2)c2ccc(OC)cc2)cc1. The predicted octanol–water partition coefficient (Wildman–Crippen LogP) is 11.0. The van der Waals surface area contributed by atoms with E-state index < -0.39 is 46.9 Å². The van der Waals surface area contributed by atoms with E-state index in [0.717, 1.165) is 28.2 Å². The van der Waals surface area contributed by atoms with Gasteiger partial charge in [0.2, 0.25) is 0 Å². The lowest BCUT2D eigenvalue weighted by Gasteiger charge is -2.42. The number of aliphatic imine (C=N–C) groups is 2. The van der Waals surface area contributed by atoms with Crippen molar-refractivity contribution in [1.29, 1.82) is 5.26 Å². The van der Waals surface area contributed by atoms with Gasteiger partial charge in [0.25, 0.3) is 8.53 Å². The molecule has 0 radical (unpaired) electrons. The summed E-state index contributed by atoms with van der Waals surface area (Å²) in [6.45, 7) is 19.9. The zero-order chi connectivity index (χ0) is 49.8. The van der Waals surface area contributed by atoms with E-state index in [1.807, 2.05) is 111 Å². The predicted molar refractivity (Wildman–Crippen MR) is 276 cm³/mol. The second-order valence-corrected chi connectivity index (χ2v) is 25.6. The van der Waals surface area contributed by atoms with Crippen LogP contribution in [0.1, 0.15) is 83.2 Å². The van der Waals surface area contributed by atoms with Crippen molar-refractivity contribution in [3.63, 3.8) is 0 Å². The number of hydrogen-bond acceptors (Lipinski definition) is 12. The van der Waals surface area contributed by atoms with Crippen LogP contribution in [-0.4, -0.2) is 126 Å². The molecule has 1 aliphatic rings. The molecular weight excluding hydrogens is 894 g/mol. The van der Waals surface area contributed by atoms with Crippen LogP contribution >= 0.6 is 8.53 Å². The first-order chi connectivity index (χ1) is 32.3. The lowest BCUT2D eigenvalue weighted by atomic mass is 9.80. The highest BCUT2D eigenvalue weighted by atomic mass is 31.2. The van der Waals surface area contributed by atoms with Crippen LogP contribution in [0.4, 0.5) is 11.5 Å². The molecule has 5 rings (SSSR count). The molecule has 16 heteroatoms. The third-order valence-electron chi connectivity index (χ3n) is 12.1. The molecule has 68 heavy (non-hydrogen) atoms. The van der Waals surface area contributed by atoms with Gasteiger partial charge in [-0.1, -0.05) is 75.4 Å². The number of hydrogen-bond donors (Lipinski definition) is 0. The average molecular weight is 968 g/mol. The third kappa shape index (κ3) is 13.3. The van der Waals surface area contributed by atoms with E-state index in [0.29, 0.717) is 17.1 Å². The molecule has 0 spiro atoms. The monoisotopic (exact) mass is 968 g/mol. The quantitative estimate of drug-likeness (QED) is 0.0175. The number of ether oxygens (including phenoxy) is 4. The van der Waals surface area contributed by atoms with E-state index in [2.05, 4.69) is 89.4 Å². The van der Waals surface area contributed by atoms with E-state index >= 15 is 0 Å². The summed E-state index contributed by atoms with van der Waals surface area (Å²) in [6, 6.07) is 30.3. The largest absolute Gasteiger partial charge is 0.497 e. The molecule has 1 fully saturated rings. The van der Waals surface area contributed by atoms with E-state index in [1.54, 1.807) is 33.1 Å². The van der Waals surface area contributed by atoms with Crippen molar-refractivity contribution < 1.29 is 32.4 Å². The fourth-order valence-corrected chi connectivity index (χ4v) is 10.8. The fraction of sp³-hybridized carbons (Fsp3) is 0.500. The van der Waals surface area contributed by atoms with Gasteiger partial charge in [-0.25, -0.2) is 19.6 Å². The fourth-order valence-electron chi connectivity index (χ4n) is 7.76. The Hall–Kier alpha value is -4.75. The van der Waals surface area contributed by atoms with Crippen molar-refractivity contribution in [1.82, 2.24) is 19.5 Å². The first kappa shape index (κ1) is 54.2. The second kappa shape index (κ2) is 24.2. The molecule has 1 aromatic heterocycles. The molecule has 368 valence electrons. The molecular formula is C52H74N7O7PSi. The number of pyridine rings is 1. The molecule has 1 unspecified atom stereocenters. The molecule has 5 atom stereocenters. The molecule has 4 aromatic rings. The average Bonchev–Trinajstić information content (AvgIpc) is 3.62. The van der Waals surface area contributed by atoms with Crippen molar-refractivity contribution in [2.24, 2.45) is 9.98 Å². The summed E-state index contributed by atoms with van der Waals surface area (Å²) in [5.41, 5.74) is 2.84. The number of benzene rings is 3. The van der Waals surface area contributed by atoms with E-state index in [-0.39, 0.29) is 36.8 Å². The number of aromatic nitrogens is 1. The molecule has 1 aliphatic heterocycles. The lowest BCUT2D eigenvalue weighted by Crippen LogP contribution is -2.49. The van der Waals surface area contributed by atoms with Crippen molar-refractivity contribution in [3.8, 4) is 17.6 Å². The van der Waals surface area contributed by atoms with Crippen LogP contribution < -0.4 is 9.47 Å². The maximum atomic E-state index is 9.67. The second-order valence-electron chi connectivity index (χ2n) is 19.4. The van der Waals surface area contributed by atoms with Crippen molar-refractivity contribution in [2.75, 3.05) is 55.6 Å². The maximum absolute atomic E-state index is 9.67. The summed E-state index contributed by atoms with van der Waals surface area (Å²) in [6.07, 6.45) is 2.56. The number of nitrogens with zero attached hydrogens (tertiary/aromatic N) is 7. The molecule has 0 N–H and O–H groups in total. The number of methoxy groups -OCH3 is 2. The molecule has 0 saturated carbocycles. The van der Waals surface area contributed by atoms with Crippen LogP contribution in [-0.2, 0) is 28.5 Å². The van der Waals surface area contributed by atoms with Crippen LogP contribution in [0.25, 0.3) is 0 Å². The minimum atomic E-state index is -2.61. The van der Waals surface area contributed by atoms with Gasteiger partial charge >= 0.3 is 0 Å². The van der Waals surface area contributed by atoms with Crippen LogP contribution in [0.5, 0.6) is 11.5 Å². The van der Waals surface area contributed by atoms with Gasteiger partial charge in [0.15, 0.2) is 14.1 Å². The topological polar surface area (TPSA) is 136 Å². The van der Waals surface area contributed by atoms with Gasteiger partial charge in [0.05, 0.1) is 58.3 Å². The summed E-state index contributed by atoms with van der Waals surface area (Å²) in [5, 5.41) is 9.48. The van der Waals surface area contributed by atoms with E-state index in [9.17, 15) is 5.26 Å². The molecule has 0 bridgehead atoms. The van der Waals surface area contributed by atoms with Crippen molar-refractivity contribution in [2.45, 2.75) is 115 Å². The molecule has 0 amide bonds. The van der Waals surface area contributed by atoms with Crippen LogP contribution in [0.2, 0.25) is 18.1 Å². The van der Waals surface area contributed by atoms with Crippen molar-refractivity contribution in [3.05, 3.63) is 113 Å². The first-order valence-electron chi connectivity index (χ1n) is 23.2. The van der Waals surface area contributed by atoms with Crippen LogP contribution in [0.15, 0.2) is 101 Å². The number of nitriles is 1. The van der Waals surface area contributed by atoms with Gasteiger partial charge in [-0.15, -0.1) is 0 Å².